The first kappa shape index (κ1) is 23.5. The number of sulfonamides is 1. The highest BCUT2D eigenvalue weighted by Crippen LogP contribution is 2.35. The molecule has 0 spiro atoms. The molecule has 9 heteroatoms. The zero-order chi connectivity index (χ0) is 22.6. The van der Waals surface area contributed by atoms with Crippen LogP contribution in [-0.2, 0) is 24.8 Å². The molecule has 0 radical (unpaired) electrons. The third-order valence-electron chi connectivity index (χ3n) is 4.88. The first-order valence-electron chi connectivity index (χ1n) is 9.71. The quantitative estimate of drug-likeness (QED) is 0.298. The number of nitrogens with zero attached hydrogens (tertiary/aromatic N) is 2. The highest BCUT2D eigenvalue weighted by Gasteiger charge is 2.38. The smallest absolute Gasteiger partial charge is 0.271 e. The van der Waals surface area contributed by atoms with E-state index in [4.69, 9.17) is 14.0 Å². The third kappa shape index (κ3) is 4.69. The summed E-state index contributed by atoms with van der Waals surface area (Å²) in [6.07, 6.45) is -1.22. The molecule has 0 amide bonds. The number of benzene rings is 2. The topological polar surface area (TPSA) is 81.9 Å². The standard InChI is InChI=1S/C22H25BrN2O5S/c1-5-29-22(28-4)25(21-15(2)16(3)24-30-21)31(26,27)20-9-7-6-8-19(20)18-12-10-17(14-23)11-13-18/h6-13,22H,5,14H2,1-4H3. The van der Waals surface area contributed by atoms with Gasteiger partial charge in [-0.25, -0.2) is 8.42 Å². The van der Waals surface area contributed by atoms with Gasteiger partial charge in [-0.3, -0.25) is 0 Å². The van der Waals surface area contributed by atoms with Crippen LogP contribution < -0.4 is 4.31 Å². The van der Waals surface area contributed by atoms with Gasteiger partial charge in [-0.2, -0.15) is 4.31 Å². The van der Waals surface area contributed by atoms with Crippen LogP contribution in [0.25, 0.3) is 11.1 Å². The highest BCUT2D eigenvalue weighted by molar-refractivity contribution is 9.08. The Hall–Kier alpha value is -2.20. The van der Waals surface area contributed by atoms with Crippen molar-refractivity contribution in [1.82, 2.24) is 5.16 Å². The Labute approximate surface area is 191 Å². The number of methoxy groups -OCH3 is 1. The Morgan fingerprint density at radius 3 is 2.35 bits per heavy atom. The average molecular weight is 509 g/mol. The number of ether oxygens (including phenoxy) is 2. The molecule has 0 aliphatic carbocycles. The van der Waals surface area contributed by atoms with Crippen molar-refractivity contribution in [3.63, 3.8) is 0 Å². The average Bonchev–Trinajstić information content (AvgIpc) is 3.11. The van der Waals surface area contributed by atoms with E-state index >= 15 is 0 Å². The summed E-state index contributed by atoms with van der Waals surface area (Å²) in [4.78, 5) is 0.108. The van der Waals surface area contributed by atoms with E-state index in [0.717, 1.165) is 20.8 Å². The van der Waals surface area contributed by atoms with Gasteiger partial charge in [0, 0.05) is 30.2 Å². The van der Waals surface area contributed by atoms with Crippen LogP contribution in [-0.4, -0.2) is 33.7 Å². The van der Waals surface area contributed by atoms with E-state index < -0.39 is 16.4 Å². The second-order valence-corrected chi connectivity index (χ2v) is 9.17. The van der Waals surface area contributed by atoms with Crippen LogP contribution in [0.5, 0.6) is 0 Å². The number of aromatic nitrogens is 1. The largest absolute Gasteiger partial charge is 0.338 e. The number of halogens is 1. The van der Waals surface area contributed by atoms with Crippen LogP contribution >= 0.6 is 15.9 Å². The molecule has 0 aliphatic heterocycles. The van der Waals surface area contributed by atoms with E-state index in [1.54, 1.807) is 45.0 Å². The molecule has 0 N–H and O–H groups in total. The van der Waals surface area contributed by atoms with Crippen LogP contribution in [0.3, 0.4) is 0 Å². The van der Waals surface area contributed by atoms with Gasteiger partial charge < -0.3 is 14.0 Å². The van der Waals surface area contributed by atoms with E-state index in [-0.39, 0.29) is 17.4 Å². The molecule has 1 atom stereocenters. The molecule has 0 saturated carbocycles. The number of anilines is 1. The summed E-state index contributed by atoms with van der Waals surface area (Å²) < 4.78 is 45.3. The van der Waals surface area contributed by atoms with E-state index in [1.807, 2.05) is 24.3 Å². The Kier molecular flexibility index (Phi) is 7.53. The monoisotopic (exact) mass is 508 g/mol. The number of aryl methyl sites for hydroxylation is 1. The summed E-state index contributed by atoms with van der Waals surface area (Å²) >= 11 is 3.43. The molecule has 1 unspecified atom stereocenters. The lowest BCUT2D eigenvalue weighted by Crippen LogP contribution is -2.43. The summed E-state index contributed by atoms with van der Waals surface area (Å²) in [5.41, 5.74) is 3.60. The molecule has 3 rings (SSSR count). The summed E-state index contributed by atoms with van der Waals surface area (Å²) in [6, 6.07) is 14.5. The van der Waals surface area contributed by atoms with Gasteiger partial charge in [-0.05, 0) is 38.0 Å². The molecule has 0 aliphatic rings. The number of hydrogen-bond donors (Lipinski definition) is 0. The summed E-state index contributed by atoms with van der Waals surface area (Å²) in [5, 5.41) is 4.64. The second kappa shape index (κ2) is 9.95. The van der Waals surface area contributed by atoms with Gasteiger partial charge in [0.05, 0.1) is 10.6 Å². The fourth-order valence-corrected chi connectivity index (χ4v) is 5.17. The maximum atomic E-state index is 14.0. The molecule has 0 bridgehead atoms. The van der Waals surface area contributed by atoms with E-state index in [2.05, 4.69) is 21.1 Å². The predicted molar refractivity (Wildman–Crippen MR) is 123 cm³/mol. The molecule has 7 nitrogen and oxygen atoms in total. The number of hydrogen-bond acceptors (Lipinski definition) is 6. The predicted octanol–water partition coefficient (Wildman–Crippen LogP) is 5.02. The van der Waals surface area contributed by atoms with Crippen LogP contribution in [0, 0.1) is 13.8 Å². The second-order valence-electron chi connectivity index (χ2n) is 6.82. The van der Waals surface area contributed by atoms with Crippen molar-refractivity contribution < 1.29 is 22.4 Å². The molecule has 0 fully saturated rings. The zero-order valence-corrected chi connectivity index (χ0v) is 20.2. The highest BCUT2D eigenvalue weighted by atomic mass is 79.9. The first-order chi connectivity index (χ1) is 14.8. The number of rotatable bonds is 9. The maximum Gasteiger partial charge on any atom is 0.271 e. The van der Waals surface area contributed by atoms with Gasteiger partial charge in [0.25, 0.3) is 16.4 Å². The van der Waals surface area contributed by atoms with Gasteiger partial charge in [0.2, 0.25) is 5.88 Å². The SMILES string of the molecule is CCOC(OC)N(c1onc(C)c1C)S(=O)(=O)c1ccccc1-c1ccc(CBr)cc1. The molecular weight excluding hydrogens is 484 g/mol. The maximum absolute atomic E-state index is 14.0. The van der Waals surface area contributed by atoms with Crippen LogP contribution in [0.15, 0.2) is 57.9 Å². The number of alkyl halides is 1. The fraction of sp³-hybridized carbons (Fsp3) is 0.318. The van der Waals surface area contributed by atoms with Gasteiger partial charge in [0.1, 0.15) is 0 Å². The minimum absolute atomic E-state index is 0.0576. The molecule has 2 aromatic carbocycles. The Balaban J connectivity index is 2.20. The molecule has 1 heterocycles. The lowest BCUT2D eigenvalue weighted by Gasteiger charge is -2.29. The van der Waals surface area contributed by atoms with Crippen molar-refractivity contribution in [2.75, 3.05) is 18.0 Å². The van der Waals surface area contributed by atoms with Crippen LogP contribution in [0.1, 0.15) is 23.7 Å². The summed E-state index contributed by atoms with van der Waals surface area (Å²) in [6.45, 7) is 5.49. The summed E-state index contributed by atoms with van der Waals surface area (Å²) in [7, 11) is -2.77. The van der Waals surface area contributed by atoms with Crippen molar-refractivity contribution in [3.05, 3.63) is 65.4 Å². The van der Waals surface area contributed by atoms with E-state index in [1.165, 1.54) is 7.11 Å². The minimum atomic E-state index is -4.15. The van der Waals surface area contributed by atoms with Crippen molar-refractivity contribution in [1.29, 1.82) is 0 Å². The minimum Gasteiger partial charge on any atom is -0.338 e. The zero-order valence-electron chi connectivity index (χ0n) is 17.8. The third-order valence-corrected chi connectivity index (χ3v) is 7.29. The summed E-state index contributed by atoms with van der Waals surface area (Å²) in [5.74, 6) is 0.0576. The molecule has 3 aromatic rings. The normalized spacial score (nSPS) is 12.7. The first-order valence-corrected chi connectivity index (χ1v) is 12.3. The Bertz CT molecular complexity index is 1130. The Morgan fingerprint density at radius 2 is 1.81 bits per heavy atom. The van der Waals surface area contributed by atoms with Crippen molar-refractivity contribution >= 4 is 31.8 Å². The van der Waals surface area contributed by atoms with Gasteiger partial charge in [-0.1, -0.05) is 63.6 Å². The van der Waals surface area contributed by atoms with Crippen molar-refractivity contribution in [2.45, 2.75) is 37.4 Å². The molecule has 1 aromatic heterocycles. The van der Waals surface area contributed by atoms with Crippen LogP contribution in [0.2, 0.25) is 0 Å². The lowest BCUT2D eigenvalue weighted by molar-refractivity contribution is -0.112. The van der Waals surface area contributed by atoms with Crippen LogP contribution in [0.4, 0.5) is 5.88 Å². The van der Waals surface area contributed by atoms with E-state index in [0.29, 0.717) is 16.8 Å². The van der Waals surface area contributed by atoms with Gasteiger partial charge >= 0.3 is 0 Å². The lowest BCUT2D eigenvalue weighted by atomic mass is 10.0. The molecule has 166 valence electrons. The van der Waals surface area contributed by atoms with Gasteiger partial charge in [-0.15, -0.1) is 0 Å². The van der Waals surface area contributed by atoms with Crippen molar-refractivity contribution in [3.8, 4) is 11.1 Å². The molecule has 31 heavy (non-hydrogen) atoms. The van der Waals surface area contributed by atoms with E-state index in [9.17, 15) is 8.42 Å². The molecular formula is C22H25BrN2O5S. The van der Waals surface area contributed by atoms with Crippen molar-refractivity contribution in [2.24, 2.45) is 0 Å². The fourth-order valence-electron chi connectivity index (χ4n) is 3.11. The Morgan fingerprint density at radius 1 is 1.13 bits per heavy atom. The van der Waals surface area contributed by atoms with Gasteiger partial charge in [0.15, 0.2) is 0 Å². The molecule has 0 saturated heterocycles.